The molecule has 6 nitrogen and oxygen atoms in total. The summed E-state index contributed by atoms with van der Waals surface area (Å²) in [5.41, 5.74) is 2.43. The largest absolute Gasteiger partial charge is 0.492 e. The minimum absolute atomic E-state index is 0. The van der Waals surface area contributed by atoms with E-state index in [4.69, 9.17) is 14.2 Å². The molecule has 1 fully saturated rings. The van der Waals surface area contributed by atoms with Crippen LogP contribution in [0.1, 0.15) is 24.0 Å². The van der Waals surface area contributed by atoms with Crippen LogP contribution >= 0.6 is 24.0 Å². The van der Waals surface area contributed by atoms with Crippen LogP contribution in [0.2, 0.25) is 0 Å². The highest BCUT2D eigenvalue weighted by atomic mass is 127. The molecule has 0 spiro atoms. The molecule has 1 aromatic rings. The van der Waals surface area contributed by atoms with Gasteiger partial charge in [-0.15, -0.1) is 24.0 Å². The van der Waals surface area contributed by atoms with E-state index in [2.05, 4.69) is 47.7 Å². The molecule has 1 heterocycles. The minimum Gasteiger partial charge on any atom is -0.492 e. The molecule has 2 N–H and O–H groups in total. The molecule has 0 aliphatic carbocycles. The van der Waals surface area contributed by atoms with Gasteiger partial charge < -0.3 is 24.8 Å². The minimum atomic E-state index is 0. The van der Waals surface area contributed by atoms with Gasteiger partial charge in [-0.05, 0) is 49.9 Å². The number of aryl methyl sites for hydroxylation is 2. The van der Waals surface area contributed by atoms with Gasteiger partial charge >= 0.3 is 0 Å². The Morgan fingerprint density at radius 3 is 2.54 bits per heavy atom. The van der Waals surface area contributed by atoms with Gasteiger partial charge in [-0.3, -0.25) is 4.99 Å². The zero-order chi connectivity index (χ0) is 17.9. The Balaban J connectivity index is 0.00000338. The quantitative estimate of drug-likeness (QED) is 0.248. The van der Waals surface area contributed by atoms with Crippen LogP contribution in [-0.2, 0) is 9.47 Å². The van der Waals surface area contributed by atoms with Crippen molar-refractivity contribution < 1.29 is 14.2 Å². The Bertz CT molecular complexity index is 529. The fraction of sp³-hybridized carbons (Fsp3) is 0.632. The third-order valence-corrected chi connectivity index (χ3v) is 3.94. The standard InChI is InChI=1S/C19H31N3O3.HI/c1-15-11-16(2)13-18(12-15)25-10-7-22-19(20-3)21-6-4-8-24-17-5-9-23-14-17;/h11-13,17H,4-10,14H2,1-3H3,(H2,20,21,22);1H. The van der Waals surface area contributed by atoms with Gasteiger partial charge in [0, 0.05) is 26.8 Å². The number of nitrogens with one attached hydrogen (secondary N) is 2. The van der Waals surface area contributed by atoms with E-state index in [9.17, 15) is 0 Å². The van der Waals surface area contributed by atoms with Crippen molar-refractivity contribution in [2.75, 3.05) is 46.6 Å². The Labute approximate surface area is 174 Å². The molecule has 1 unspecified atom stereocenters. The molecule has 26 heavy (non-hydrogen) atoms. The van der Waals surface area contributed by atoms with Gasteiger partial charge in [0.25, 0.3) is 0 Å². The molecule has 0 amide bonds. The average molecular weight is 477 g/mol. The summed E-state index contributed by atoms with van der Waals surface area (Å²) in [6, 6.07) is 6.24. The first-order chi connectivity index (χ1) is 12.2. The number of rotatable bonds is 9. The summed E-state index contributed by atoms with van der Waals surface area (Å²) in [6.07, 6.45) is 2.23. The molecule has 1 aromatic carbocycles. The summed E-state index contributed by atoms with van der Waals surface area (Å²) in [6.45, 7) is 8.57. The Morgan fingerprint density at radius 1 is 1.15 bits per heavy atom. The molecule has 7 heteroatoms. The van der Waals surface area contributed by atoms with Crippen molar-refractivity contribution in [3.05, 3.63) is 29.3 Å². The molecular formula is C19H32IN3O3. The summed E-state index contributed by atoms with van der Waals surface area (Å²) in [7, 11) is 1.77. The molecule has 0 saturated carbocycles. The number of aliphatic imine (C=N–C) groups is 1. The van der Waals surface area contributed by atoms with E-state index in [1.54, 1.807) is 7.05 Å². The van der Waals surface area contributed by atoms with Gasteiger partial charge in [0.05, 0.1) is 19.3 Å². The van der Waals surface area contributed by atoms with Crippen molar-refractivity contribution in [2.24, 2.45) is 4.99 Å². The lowest BCUT2D eigenvalue weighted by Crippen LogP contribution is -2.40. The van der Waals surface area contributed by atoms with Gasteiger partial charge in [0.1, 0.15) is 12.4 Å². The maximum absolute atomic E-state index is 5.79. The SMILES string of the molecule is CN=C(NCCCOC1CCOC1)NCCOc1cc(C)cc(C)c1.I. The van der Waals surface area contributed by atoms with Crippen molar-refractivity contribution in [1.29, 1.82) is 0 Å². The van der Waals surface area contributed by atoms with Crippen molar-refractivity contribution in [2.45, 2.75) is 32.8 Å². The van der Waals surface area contributed by atoms with E-state index in [0.29, 0.717) is 13.2 Å². The smallest absolute Gasteiger partial charge is 0.191 e. The lowest BCUT2D eigenvalue weighted by atomic mass is 10.1. The molecular weight excluding hydrogens is 445 g/mol. The fourth-order valence-electron chi connectivity index (χ4n) is 2.75. The van der Waals surface area contributed by atoms with Gasteiger partial charge in [-0.25, -0.2) is 0 Å². The second-order valence-corrected chi connectivity index (χ2v) is 6.31. The van der Waals surface area contributed by atoms with Crippen LogP contribution < -0.4 is 15.4 Å². The van der Waals surface area contributed by atoms with Crippen LogP contribution in [-0.4, -0.2) is 58.6 Å². The van der Waals surface area contributed by atoms with Gasteiger partial charge in [-0.1, -0.05) is 6.07 Å². The Hall–Kier alpha value is -1.06. The molecule has 0 bridgehead atoms. The number of ether oxygens (including phenoxy) is 3. The molecule has 1 aliphatic heterocycles. The molecule has 0 radical (unpaired) electrons. The van der Waals surface area contributed by atoms with Crippen molar-refractivity contribution in [3.8, 4) is 5.75 Å². The van der Waals surface area contributed by atoms with E-state index in [-0.39, 0.29) is 30.1 Å². The first-order valence-electron chi connectivity index (χ1n) is 9.02. The zero-order valence-electron chi connectivity index (χ0n) is 16.0. The normalized spacial score (nSPS) is 16.9. The van der Waals surface area contributed by atoms with Gasteiger partial charge in [-0.2, -0.15) is 0 Å². The summed E-state index contributed by atoms with van der Waals surface area (Å²) in [5.74, 6) is 1.70. The summed E-state index contributed by atoms with van der Waals surface area (Å²) in [5, 5.41) is 6.54. The van der Waals surface area contributed by atoms with E-state index in [0.717, 1.165) is 50.9 Å². The van der Waals surface area contributed by atoms with Crippen LogP contribution in [0.25, 0.3) is 0 Å². The Kier molecular flexibility index (Phi) is 11.6. The average Bonchev–Trinajstić information content (AvgIpc) is 3.09. The third-order valence-electron chi connectivity index (χ3n) is 3.94. The lowest BCUT2D eigenvalue weighted by molar-refractivity contribution is 0.0420. The monoisotopic (exact) mass is 477 g/mol. The molecule has 1 saturated heterocycles. The van der Waals surface area contributed by atoms with Gasteiger partial charge in [0.15, 0.2) is 5.96 Å². The number of nitrogens with zero attached hydrogens (tertiary/aromatic N) is 1. The second kappa shape index (κ2) is 13.2. The number of halogens is 1. The van der Waals surface area contributed by atoms with Crippen LogP contribution in [0.4, 0.5) is 0 Å². The van der Waals surface area contributed by atoms with E-state index in [1.807, 2.05) is 0 Å². The molecule has 0 aromatic heterocycles. The Morgan fingerprint density at radius 2 is 1.88 bits per heavy atom. The zero-order valence-corrected chi connectivity index (χ0v) is 18.4. The molecule has 148 valence electrons. The molecule has 2 rings (SSSR count). The predicted molar refractivity (Wildman–Crippen MR) is 116 cm³/mol. The predicted octanol–water partition coefficient (Wildman–Crippen LogP) is 2.66. The van der Waals surface area contributed by atoms with E-state index >= 15 is 0 Å². The number of benzene rings is 1. The molecule has 1 atom stereocenters. The first-order valence-corrected chi connectivity index (χ1v) is 9.02. The second-order valence-electron chi connectivity index (χ2n) is 6.31. The van der Waals surface area contributed by atoms with Gasteiger partial charge in [0.2, 0.25) is 0 Å². The van der Waals surface area contributed by atoms with Crippen molar-refractivity contribution in [3.63, 3.8) is 0 Å². The molecule has 1 aliphatic rings. The third kappa shape index (κ3) is 9.05. The van der Waals surface area contributed by atoms with E-state index in [1.165, 1.54) is 11.1 Å². The van der Waals surface area contributed by atoms with Crippen LogP contribution in [0.15, 0.2) is 23.2 Å². The lowest BCUT2D eigenvalue weighted by Gasteiger charge is -2.14. The summed E-state index contributed by atoms with van der Waals surface area (Å²) >= 11 is 0. The van der Waals surface area contributed by atoms with Crippen molar-refractivity contribution >= 4 is 29.9 Å². The highest BCUT2D eigenvalue weighted by molar-refractivity contribution is 14.0. The van der Waals surface area contributed by atoms with Crippen LogP contribution in [0, 0.1) is 13.8 Å². The highest BCUT2D eigenvalue weighted by Crippen LogP contribution is 2.15. The summed E-state index contributed by atoms with van der Waals surface area (Å²) in [4.78, 5) is 4.21. The fourth-order valence-corrected chi connectivity index (χ4v) is 2.75. The van der Waals surface area contributed by atoms with Crippen LogP contribution in [0.5, 0.6) is 5.75 Å². The maximum atomic E-state index is 5.79. The topological polar surface area (TPSA) is 64.1 Å². The first kappa shape index (κ1) is 23.0. The number of hydrogen-bond acceptors (Lipinski definition) is 4. The number of hydrogen-bond donors (Lipinski definition) is 2. The maximum Gasteiger partial charge on any atom is 0.191 e. The highest BCUT2D eigenvalue weighted by Gasteiger charge is 2.15. The number of guanidine groups is 1. The summed E-state index contributed by atoms with van der Waals surface area (Å²) < 4.78 is 16.8. The van der Waals surface area contributed by atoms with E-state index < -0.39 is 0 Å². The van der Waals surface area contributed by atoms with Crippen LogP contribution in [0.3, 0.4) is 0 Å². The van der Waals surface area contributed by atoms with Crippen molar-refractivity contribution in [1.82, 2.24) is 10.6 Å².